The molecule has 2 aliphatic rings. The molecule has 10 heteroatoms. The van der Waals surface area contributed by atoms with Gasteiger partial charge in [-0.2, -0.15) is 18.3 Å². The third-order valence-electron chi connectivity index (χ3n) is 6.48. The highest BCUT2D eigenvalue weighted by Gasteiger charge is 2.50. The number of hydrogen-bond donors (Lipinski definition) is 0. The lowest BCUT2D eigenvalue weighted by Gasteiger charge is -2.39. The zero-order chi connectivity index (χ0) is 23.1. The summed E-state index contributed by atoms with van der Waals surface area (Å²) in [4.78, 5) is 24.8. The third-order valence-corrected chi connectivity index (χ3v) is 6.48. The van der Waals surface area contributed by atoms with Crippen molar-refractivity contribution in [3.8, 4) is 5.82 Å². The van der Waals surface area contributed by atoms with Crippen LogP contribution < -0.4 is 4.90 Å². The number of urea groups is 1. The van der Waals surface area contributed by atoms with Crippen molar-refractivity contribution in [3.63, 3.8) is 0 Å². The van der Waals surface area contributed by atoms with E-state index in [2.05, 4.69) is 15.1 Å². The van der Waals surface area contributed by atoms with Crippen molar-refractivity contribution < 1.29 is 18.0 Å². The van der Waals surface area contributed by atoms with Crippen LogP contribution in [0, 0.1) is 0 Å². The zero-order valence-electron chi connectivity index (χ0n) is 17.9. The summed E-state index contributed by atoms with van der Waals surface area (Å²) in [6.45, 7) is 0.809. The molecule has 1 saturated carbocycles. The van der Waals surface area contributed by atoms with Gasteiger partial charge in [0.25, 0.3) is 0 Å². The number of aromatic nitrogens is 4. The van der Waals surface area contributed by atoms with E-state index in [-0.39, 0.29) is 11.6 Å². The Bertz CT molecular complexity index is 1120. The SMILES string of the molecule is O=C1N(c2ccc(C(F)(F)F)nc2)CC2(CCCCC2)N1Cc1cnn(-c2ccccn2)c1. The molecule has 0 N–H and O–H groups in total. The number of nitrogens with zero attached hydrogens (tertiary/aromatic N) is 6. The Balaban J connectivity index is 1.42. The fourth-order valence-electron chi connectivity index (χ4n) is 4.82. The summed E-state index contributed by atoms with van der Waals surface area (Å²) in [5, 5.41) is 4.38. The minimum Gasteiger partial charge on any atom is -0.312 e. The first-order valence-corrected chi connectivity index (χ1v) is 10.9. The van der Waals surface area contributed by atoms with Crippen molar-refractivity contribution in [1.82, 2.24) is 24.6 Å². The first-order valence-electron chi connectivity index (χ1n) is 10.9. The second kappa shape index (κ2) is 8.17. The van der Waals surface area contributed by atoms with Crippen LogP contribution in [-0.2, 0) is 12.7 Å². The average molecular weight is 456 g/mol. The molecule has 4 heterocycles. The molecule has 5 rings (SSSR count). The fourth-order valence-corrected chi connectivity index (χ4v) is 4.82. The van der Waals surface area contributed by atoms with Crippen molar-refractivity contribution in [3.05, 3.63) is 66.4 Å². The van der Waals surface area contributed by atoms with E-state index >= 15 is 0 Å². The van der Waals surface area contributed by atoms with Gasteiger partial charge in [-0.05, 0) is 37.1 Å². The maximum absolute atomic E-state index is 13.5. The predicted octanol–water partition coefficient (Wildman–Crippen LogP) is 4.83. The molecule has 0 bridgehead atoms. The van der Waals surface area contributed by atoms with Crippen molar-refractivity contribution in [2.24, 2.45) is 0 Å². The predicted molar refractivity (Wildman–Crippen MR) is 115 cm³/mol. The molecular weight excluding hydrogens is 433 g/mol. The molecule has 3 aromatic heterocycles. The van der Waals surface area contributed by atoms with Crippen LogP contribution in [0.3, 0.4) is 0 Å². The van der Waals surface area contributed by atoms with E-state index in [0.717, 1.165) is 49.9 Å². The molecule has 1 saturated heterocycles. The molecule has 3 aromatic rings. The van der Waals surface area contributed by atoms with Gasteiger partial charge in [0.1, 0.15) is 5.69 Å². The monoisotopic (exact) mass is 456 g/mol. The summed E-state index contributed by atoms with van der Waals surface area (Å²) >= 11 is 0. The Kier molecular flexibility index (Phi) is 5.30. The number of anilines is 1. The van der Waals surface area contributed by atoms with Crippen molar-refractivity contribution in [2.75, 3.05) is 11.4 Å². The maximum atomic E-state index is 13.5. The van der Waals surface area contributed by atoms with Crippen LogP contribution in [0.25, 0.3) is 5.82 Å². The second-order valence-corrected chi connectivity index (χ2v) is 8.62. The quantitative estimate of drug-likeness (QED) is 0.564. The first kappa shape index (κ1) is 21.4. The van der Waals surface area contributed by atoms with Gasteiger partial charge in [0.15, 0.2) is 5.82 Å². The largest absolute Gasteiger partial charge is 0.433 e. The van der Waals surface area contributed by atoms with Crippen LogP contribution in [0.2, 0.25) is 0 Å². The lowest BCUT2D eigenvalue weighted by molar-refractivity contribution is -0.141. The van der Waals surface area contributed by atoms with Gasteiger partial charge in [-0.1, -0.05) is 25.3 Å². The molecule has 33 heavy (non-hydrogen) atoms. The number of hydrogen-bond acceptors (Lipinski definition) is 4. The molecule has 2 amide bonds. The second-order valence-electron chi connectivity index (χ2n) is 8.62. The molecule has 172 valence electrons. The smallest absolute Gasteiger partial charge is 0.312 e. The number of carbonyl (C=O) groups is 1. The summed E-state index contributed by atoms with van der Waals surface area (Å²) in [6.07, 6.45) is 6.74. The molecule has 1 spiro atoms. The topological polar surface area (TPSA) is 67.2 Å². The van der Waals surface area contributed by atoms with Gasteiger partial charge in [0.05, 0.1) is 36.7 Å². The van der Waals surface area contributed by atoms with Crippen LogP contribution >= 0.6 is 0 Å². The van der Waals surface area contributed by atoms with Crippen molar-refractivity contribution >= 4 is 11.7 Å². The van der Waals surface area contributed by atoms with Crippen LogP contribution in [-0.4, -0.2) is 42.8 Å². The van der Waals surface area contributed by atoms with E-state index in [9.17, 15) is 18.0 Å². The fraction of sp³-hybridized carbons (Fsp3) is 0.391. The Hall–Kier alpha value is -3.43. The van der Waals surface area contributed by atoms with Gasteiger partial charge in [-0.25, -0.2) is 19.4 Å². The minimum absolute atomic E-state index is 0.218. The van der Waals surface area contributed by atoms with Gasteiger partial charge in [0.2, 0.25) is 0 Å². The van der Waals surface area contributed by atoms with Crippen molar-refractivity contribution in [2.45, 2.75) is 50.4 Å². The van der Waals surface area contributed by atoms with Gasteiger partial charge >= 0.3 is 12.2 Å². The molecule has 0 radical (unpaired) electrons. The third kappa shape index (κ3) is 4.05. The van der Waals surface area contributed by atoms with Crippen LogP contribution in [0.1, 0.15) is 43.4 Å². The number of carbonyl (C=O) groups excluding carboxylic acids is 1. The molecule has 0 unspecified atom stereocenters. The van der Waals surface area contributed by atoms with Crippen molar-refractivity contribution in [1.29, 1.82) is 0 Å². The van der Waals surface area contributed by atoms with Crippen LogP contribution in [0.5, 0.6) is 0 Å². The number of alkyl halides is 3. The zero-order valence-corrected chi connectivity index (χ0v) is 17.9. The number of halogens is 3. The molecule has 0 atom stereocenters. The lowest BCUT2D eigenvalue weighted by Crippen LogP contribution is -2.48. The summed E-state index contributed by atoms with van der Waals surface area (Å²) in [7, 11) is 0. The van der Waals surface area contributed by atoms with E-state index < -0.39 is 11.9 Å². The number of pyridine rings is 2. The Morgan fingerprint density at radius 1 is 1.00 bits per heavy atom. The van der Waals surface area contributed by atoms with Gasteiger partial charge in [0, 0.05) is 18.0 Å². The Morgan fingerprint density at radius 2 is 1.82 bits per heavy atom. The van der Waals surface area contributed by atoms with E-state index in [1.54, 1.807) is 22.0 Å². The Labute approximate surface area is 188 Å². The Morgan fingerprint density at radius 3 is 2.48 bits per heavy atom. The first-order chi connectivity index (χ1) is 15.9. The summed E-state index contributed by atoms with van der Waals surface area (Å²) in [5.41, 5.74) is -0.0782. The standard InChI is InChI=1S/C23H23F3N6O/c24-23(25,26)19-8-7-18(13-28-19)30-16-22(9-3-1-4-10-22)31(21(30)33)14-17-12-29-32(15-17)20-6-2-5-11-27-20/h2,5-8,11-13,15H,1,3-4,9-10,14,16H2. The van der Waals surface area contributed by atoms with E-state index in [0.29, 0.717) is 24.6 Å². The van der Waals surface area contributed by atoms with E-state index in [4.69, 9.17) is 0 Å². The molecule has 1 aliphatic heterocycles. The molecular formula is C23H23F3N6O. The van der Waals surface area contributed by atoms with Gasteiger partial charge in [-0.15, -0.1) is 0 Å². The number of amides is 2. The summed E-state index contributed by atoms with van der Waals surface area (Å²) in [6, 6.07) is 7.58. The van der Waals surface area contributed by atoms with E-state index in [1.807, 2.05) is 29.3 Å². The normalized spacial score (nSPS) is 18.3. The van der Waals surface area contributed by atoms with E-state index in [1.165, 1.54) is 6.07 Å². The highest BCUT2D eigenvalue weighted by molar-refractivity contribution is 5.95. The van der Waals surface area contributed by atoms with Crippen LogP contribution in [0.15, 0.2) is 55.1 Å². The number of rotatable bonds is 4. The minimum atomic E-state index is -4.52. The maximum Gasteiger partial charge on any atom is 0.433 e. The molecule has 2 fully saturated rings. The summed E-state index contributed by atoms with van der Waals surface area (Å²) < 4.78 is 40.4. The molecule has 7 nitrogen and oxygen atoms in total. The van der Waals surface area contributed by atoms with Gasteiger partial charge in [-0.3, -0.25) is 4.90 Å². The van der Waals surface area contributed by atoms with Gasteiger partial charge < -0.3 is 4.90 Å². The lowest BCUT2D eigenvalue weighted by atomic mass is 9.81. The average Bonchev–Trinajstić information content (AvgIpc) is 3.39. The molecule has 1 aliphatic carbocycles. The summed E-state index contributed by atoms with van der Waals surface area (Å²) in [5.74, 6) is 0.682. The highest BCUT2D eigenvalue weighted by atomic mass is 19.4. The highest BCUT2D eigenvalue weighted by Crippen LogP contribution is 2.42. The molecule has 0 aromatic carbocycles. The van der Waals surface area contributed by atoms with Crippen LogP contribution in [0.4, 0.5) is 23.7 Å².